The van der Waals surface area contributed by atoms with E-state index in [2.05, 4.69) is 18.7 Å². The van der Waals surface area contributed by atoms with Crippen LogP contribution in [0.2, 0.25) is 0 Å². The molecule has 6 rings (SSSR count). The first-order valence-corrected chi connectivity index (χ1v) is 13.1. The summed E-state index contributed by atoms with van der Waals surface area (Å²) in [5.41, 5.74) is 0.198. The lowest BCUT2D eigenvalue weighted by molar-refractivity contribution is -0.132. The summed E-state index contributed by atoms with van der Waals surface area (Å²) in [7, 11) is 0. The molecule has 0 spiro atoms. The van der Waals surface area contributed by atoms with Gasteiger partial charge in [0, 0.05) is 19.1 Å². The molecule has 4 aliphatic carbocycles. The Morgan fingerprint density at radius 2 is 1.53 bits per heavy atom. The van der Waals surface area contributed by atoms with E-state index in [1.54, 1.807) is 0 Å². The zero-order valence-electron chi connectivity index (χ0n) is 19.0. The maximum Gasteiger partial charge on any atom is 0.0726 e. The number of hydrogen-bond donors (Lipinski definition) is 3. The van der Waals surface area contributed by atoms with Crippen LogP contribution in [0.4, 0.5) is 0 Å². The molecule has 0 amide bonds. The van der Waals surface area contributed by atoms with Crippen LogP contribution >= 0.6 is 0 Å². The van der Waals surface area contributed by atoms with E-state index < -0.39 is 0 Å². The molecule has 13 atom stereocenters. The molecule has 3 N–H and O–H groups in total. The Hall–Kier alpha value is -0.160. The van der Waals surface area contributed by atoms with Gasteiger partial charge in [-0.1, -0.05) is 13.8 Å². The Morgan fingerprint density at radius 1 is 0.733 bits per heavy atom. The number of aliphatic hydroxyl groups is 3. The summed E-state index contributed by atoms with van der Waals surface area (Å²) >= 11 is 0. The summed E-state index contributed by atoms with van der Waals surface area (Å²) in [6.07, 6.45) is 9.42. The molecule has 6 fully saturated rings. The Balaban J connectivity index is 1.28. The van der Waals surface area contributed by atoms with Crippen molar-refractivity contribution >= 4 is 0 Å². The summed E-state index contributed by atoms with van der Waals surface area (Å²) in [6, 6.07) is 0.409. The minimum absolute atomic E-state index is 0.126. The van der Waals surface area contributed by atoms with Gasteiger partial charge in [-0.15, -0.1) is 0 Å². The van der Waals surface area contributed by atoms with Crippen LogP contribution in [0.3, 0.4) is 0 Å². The Morgan fingerprint density at radius 3 is 2.37 bits per heavy atom. The molecule has 2 saturated heterocycles. The van der Waals surface area contributed by atoms with Crippen molar-refractivity contribution in [3.05, 3.63) is 0 Å². The lowest BCUT2D eigenvalue weighted by atomic mass is 9.51. The molecule has 0 aromatic heterocycles. The third kappa shape index (κ3) is 2.85. The third-order valence-electron chi connectivity index (χ3n) is 11.5. The van der Waals surface area contributed by atoms with Crippen molar-refractivity contribution in [1.82, 2.24) is 4.90 Å². The van der Waals surface area contributed by atoms with Crippen LogP contribution in [0.15, 0.2) is 0 Å². The fraction of sp³-hybridized carbons (Fsp3) is 1.00. The molecule has 4 nitrogen and oxygen atoms in total. The predicted octanol–water partition coefficient (Wildman–Crippen LogP) is 3.29. The summed E-state index contributed by atoms with van der Waals surface area (Å²) < 4.78 is 0. The van der Waals surface area contributed by atoms with E-state index in [0.29, 0.717) is 29.7 Å². The molecular weight excluding hydrogens is 374 g/mol. The van der Waals surface area contributed by atoms with Crippen LogP contribution in [-0.2, 0) is 0 Å². The Bertz CT molecular complexity index is 669. The second-order valence-electron chi connectivity index (χ2n) is 12.8. The summed E-state index contributed by atoms with van der Waals surface area (Å²) in [6.45, 7) is 7.21. The lowest BCUT2D eigenvalue weighted by Crippen LogP contribution is -2.61. The van der Waals surface area contributed by atoms with Gasteiger partial charge >= 0.3 is 0 Å². The third-order valence-corrected chi connectivity index (χ3v) is 11.5. The van der Waals surface area contributed by atoms with Gasteiger partial charge in [0.25, 0.3) is 0 Å². The molecule has 4 saturated carbocycles. The number of piperidine rings is 2. The standard InChI is InChI=1S/C26H43NO3/c1-14-3-6-23-25(30)17-5-4-16-18(20(17)13-27(23)12-14)10-21-19(16)11-24(29)22-9-15(28)7-8-26(21,22)2/h14-25,28-30H,3-13H2,1-2H3/t14-,15+,16+,17-,18+,19-,20+,21-,22+,23-,24+,25-,26+/m0/s1. The first kappa shape index (κ1) is 20.4. The number of aliphatic hydroxyl groups excluding tert-OH is 3. The van der Waals surface area contributed by atoms with Crippen LogP contribution < -0.4 is 0 Å². The van der Waals surface area contributed by atoms with Gasteiger partial charge in [-0.25, -0.2) is 0 Å². The van der Waals surface area contributed by atoms with Crippen molar-refractivity contribution in [2.45, 2.75) is 96.0 Å². The van der Waals surface area contributed by atoms with Crippen LogP contribution in [0.25, 0.3) is 0 Å². The van der Waals surface area contributed by atoms with E-state index in [1.165, 1.54) is 45.2 Å². The largest absolute Gasteiger partial charge is 0.393 e. The molecule has 6 aliphatic rings. The van der Waals surface area contributed by atoms with Crippen molar-refractivity contribution in [3.63, 3.8) is 0 Å². The molecule has 0 aromatic carbocycles. The van der Waals surface area contributed by atoms with Gasteiger partial charge in [-0.3, -0.25) is 4.90 Å². The van der Waals surface area contributed by atoms with Crippen molar-refractivity contribution in [2.75, 3.05) is 13.1 Å². The highest BCUT2D eigenvalue weighted by Gasteiger charge is 2.62. The van der Waals surface area contributed by atoms with Crippen LogP contribution in [0.1, 0.15) is 71.6 Å². The molecule has 0 radical (unpaired) electrons. The molecule has 2 aliphatic heterocycles. The molecule has 0 aromatic rings. The maximum absolute atomic E-state index is 11.4. The molecule has 0 bridgehead atoms. The average molecular weight is 418 g/mol. The molecule has 4 heteroatoms. The van der Waals surface area contributed by atoms with Crippen LogP contribution in [0, 0.1) is 52.8 Å². The maximum atomic E-state index is 11.4. The molecular formula is C26H43NO3. The van der Waals surface area contributed by atoms with E-state index in [-0.39, 0.29) is 29.6 Å². The smallest absolute Gasteiger partial charge is 0.0726 e. The Labute approximate surface area is 182 Å². The highest BCUT2D eigenvalue weighted by molar-refractivity contribution is 5.12. The topological polar surface area (TPSA) is 63.9 Å². The van der Waals surface area contributed by atoms with Crippen LogP contribution in [-0.4, -0.2) is 57.7 Å². The predicted molar refractivity (Wildman–Crippen MR) is 117 cm³/mol. The fourth-order valence-corrected chi connectivity index (χ4v) is 10.1. The highest BCUT2D eigenvalue weighted by Crippen LogP contribution is 2.66. The van der Waals surface area contributed by atoms with Gasteiger partial charge in [0.2, 0.25) is 0 Å². The number of hydrogen-bond acceptors (Lipinski definition) is 4. The molecule has 30 heavy (non-hydrogen) atoms. The zero-order valence-corrected chi connectivity index (χ0v) is 19.0. The van der Waals surface area contributed by atoms with E-state index in [9.17, 15) is 15.3 Å². The van der Waals surface area contributed by atoms with Gasteiger partial charge in [0.1, 0.15) is 0 Å². The quantitative estimate of drug-likeness (QED) is 0.566. The molecule has 0 unspecified atom stereocenters. The van der Waals surface area contributed by atoms with Gasteiger partial charge < -0.3 is 15.3 Å². The normalized spacial score (nSPS) is 60.7. The molecule has 2 heterocycles. The second kappa shape index (κ2) is 7.17. The first-order valence-electron chi connectivity index (χ1n) is 13.1. The van der Waals surface area contributed by atoms with E-state index in [0.717, 1.165) is 43.4 Å². The minimum Gasteiger partial charge on any atom is -0.393 e. The first-order chi connectivity index (χ1) is 14.4. The average Bonchev–Trinajstić information content (AvgIpc) is 3.09. The number of nitrogens with zero attached hydrogens (tertiary/aromatic N) is 1. The number of rotatable bonds is 0. The SMILES string of the molecule is C[C@H]1CC[C@H]2[C@@H](O)[C@H]3CC[C@@H]4[C@@H](C[C@H]5[C@H]4C[C@@H](O)[C@H]4C[C@H](O)CC[C@@]45C)[C@@H]3CN2C1. The van der Waals surface area contributed by atoms with Gasteiger partial charge in [0.15, 0.2) is 0 Å². The number of fused-ring (bicyclic) bond motifs is 8. The van der Waals surface area contributed by atoms with Crippen LogP contribution in [0.5, 0.6) is 0 Å². The van der Waals surface area contributed by atoms with E-state index in [4.69, 9.17) is 0 Å². The van der Waals surface area contributed by atoms with Crippen molar-refractivity contribution in [2.24, 2.45) is 52.8 Å². The van der Waals surface area contributed by atoms with Gasteiger partial charge in [-0.2, -0.15) is 0 Å². The second-order valence-corrected chi connectivity index (χ2v) is 12.8. The van der Waals surface area contributed by atoms with Crippen molar-refractivity contribution in [3.8, 4) is 0 Å². The fourth-order valence-electron chi connectivity index (χ4n) is 10.1. The van der Waals surface area contributed by atoms with Gasteiger partial charge in [-0.05, 0) is 111 Å². The van der Waals surface area contributed by atoms with E-state index in [1.807, 2.05) is 0 Å². The van der Waals surface area contributed by atoms with Gasteiger partial charge in [0.05, 0.1) is 18.3 Å². The van der Waals surface area contributed by atoms with Crippen molar-refractivity contribution < 1.29 is 15.3 Å². The zero-order chi connectivity index (χ0) is 20.8. The van der Waals surface area contributed by atoms with E-state index >= 15 is 0 Å². The highest BCUT2D eigenvalue weighted by atomic mass is 16.3. The monoisotopic (exact) mass is 417 g/mol. The van der Waals surface area contributed by atoms with Crippen molar-refractivity contribution in [1.29, 1.82) is 0 Å². The summed E-state index contributed by atoms with van der Waals surface area (Å²) in [5, 5.41) is 32.8. The summed E-state index contributed by atoms with van der Waals surface area (Å²) in [5.74, 6) is 5.06. The Kier molecular flexibility index (Phi) is 4.89. The minimum atomic E-state index is -0.230. The summed E-state index contributed by atoms with van der Waals surface area (Å²) in [4.78, 5) is 2.67. The lowest BCUT2D eigenvalue weighted by Gasteiger charge is -2.56. The molecule has 170 valence electrons.